The molecule has 0 unspecified atom stereocenters. The fourth-order valence-electron chi connectivity index (χ4n) is 0.0408. The Labute approximate surface area is 47.0 Å². The van der Waals surface area contributed by atoms with E-state index in [4.69, 9.17) is 0 Å². The third-order valence-corrected chi connectivity index (χ3v) is 1.69. The zero-order chi connectivity index (χ0) is 4.99. The largest absolute Gasteiger partial charge is 0.286 e. The highest BCUT2D eigenvalue weighted by Crippen LogP contribution is 2.05. The lowest BCUT2D eigenvalue weighted by molar-refractivity contribution is 1.45. The number of nitrogens with zero attached hydrogens (tertiary/aromatic N) is 1. The molecule has 0 bridgehead atoms. The molecule has 0 heterocycles. The molecule has 0 rings (SSSR count). The first-order valence-corrected chi connectivity index (χ1v) is 3.43. The van der Waals surface area contributed by atoms with Crippen molar-refractivity contribution in [2.24, 2.45) is 4.99 Å². The quantitative estimate of drug-likeness (QED) is 0.222. The molecule has 3 heteroatoms. The zero-order valence-corrected chi connectivity index (χ0v) is 5.51. The summed E-state index contributed by atoms with van der Waals surface area (Å²) in [6.45, 7) is 1.91. The van der Waals surface area contributed by atoms with Crippen molar-refractivity contribution < 1.29 is 0 Å². The van der Waals surface area contributed by atoms with E-state index in [1.54, 1.807) is 7.05 Å². The van der Waals surface area contributed by atoms with Gasteiger partial charge in [-0.3, -0.25) is 4.99 Å². The van der Waals surface area contributed by atoms with Gasteiger partial charge in [0, 0.05) is 7.05 Å². The Hall–Kier alpha value is 0.370. The summed E-state index contributed by atoms with van der Waals surface area (Å²) in [5.74, 6) is 0. The van der Waals surface area contributed by atoms with Crippen LogP contribution in [0.2, 0.25) is 0 Å². The van der Waals surface area contributed by atoms with Gasteiger partial charge in [0.25, 0.3) is 0 Å². The van der Waals surface area contributed by atoms with Crippen LogP contribution in [0.5, 0.6) is 0 Å². The fraction of sp³-hybridized carbons (Fsp3) is 0.667. The van der Waals surface area contributed by atoms with Crippen LogP contribution in [0.1, 0.15) is 6.92 Å². The molecule has 0 aromatic carbocycles. The van der Waals surface area contributed by atoms with E-state index in [1.807, 2.05) is 6.92 Å². The predicted molar refractivity (Wildman–Crippen MR) is 35.6 cm³/mol. The lowest BCUT2D eigenvalue weighted by Gasteiger charge is -1.82. The first-order chi connectivity index (χ1) is 2.81. The molecule has 0 saturated heterocycles. The molecule has 36 valence electrons. The van der Waals surface area contributed by atoms with Gasteiger partial charge >= 0.3 is 0 Å². The Balaban J connectivity index is 3.22. The Morgan fingerprint density at radius 1 is 1.83 bits per heavy atom. The highest BCUT2D eigenvalue weighted by Gasteiger charge is 1.76. The second-order valence-electron chi connectivity index (χ2n) is 0.834. The van der Waals surface area contributed by atoms with Crippen LogP contribution in [0.4, 0.5) is 0 Å². The van der Waals surface area contributed by atoms with Crippen LogP contribution in [-0.4, -0.2) is 12.1 Å². The maximum absolute atomic E-state index is 3.88. The van der Waals surface area contributed by atoms with E-state index in [0.29, 0.717) is 0 Å². The molecule has 0 aliphatic carbocycles. The molecule has 0 amide bonds. The highest BCUT2D eigenvalue weighted by atomic mass is 33.1. The number of aliphatic imine (C=N–C) groups is 1. The molecule has 0 N–H and O–H groups in total. The van der Waals surface area contributed by atoms with E-state index in [2.05, 4.69) is 16.7 Å². The van der Waals surface area contributed by atoms with Crippen LogP contribution in [0.15, 0.2) is 4.99 Å². The van der Waals surface area contributed by atoms with E-state index in [1.165, 1.54) is 10.8 Å². The Morgan fingerprint density at radius 3 is 2.33 bits per heavy atom. The molecule has 0 aliphatic rings. The monoisotopic (exact) mass is 121 g/mol. The molecule has 0 aromatic heterocycles. The van der Waals surface area contributed by atoms with Crippen molar-refractivity contribution in [2.45, 2.75) is 6.92 Å². The van der Waals surface area contributed by atoms with Gasteiger partial charge in [-0.1, -0.05) is 0 Å². The van der Waals surface area contributed by atoms with Gasteiger partial charge in [0.05, 0.1) is 5.04 Å². The van der Waals surface area contributed by atoms with E-state index in [9.17, 15) is 0 Å². The average molecular weight is 121 g/mol. The number of rotatable bonds is 0. The fourth-order valence-corrected chi connectivity index (χ4v) is 0.367. The first kappa shape index (κ1) is 6.37. The second kappa shape index (κ2) is 3.56. The summed E-state index contributed by atoms with van der Waals surface area (Å²) < 4.78 is 0. The van der Waals surface area contributed by atoms with Gasteiger partial charge in [0.15, 0.2) is 0 Å². The molecule has 0 atom stereocenters. The normalized spacial score (nSPS) is 12.2. The molecule has 0 aliphatic heterocycles. The van der Waals surface area contributed by atoms with Gasteiger partial charge in [0.2, 0.25) is 0 Å². The minimum Gasteiger partial charge on any atom is -0.286 e. The van der Waals surface area contributed by atoms with Crippen molar-refractivity contribution >= 4 is 27.5 Å². The summed E-state index contributed by atoms with van der Waals surface area (Å²) in [7, 11) is 3.12. The van der Waals surface area contributed by atoms with E-state index < -0.39 is 0 Å². The summed E-state index contributed by atoms with van der Waals surface area (Å²) in [6.07, 6.45) is 0. The summed E-state index contributed by atoms with van der Waals surface area (Å²) in [5.41, 5.74) is 0. The third-order valence-electron chi connectivity index (χ3n) is 0.447. The smallest absolute Gasteiger partial charge is 0.0745 e. The molecule has 0 aromatic rings. The lowest BCUT2D eigenvalue weighted by atomic mass is 10.9. The van der Waals surface area contributed by atoms with Gasteiger partial charge in [0.1, 0.15) is 0 Å². The second-order valence-corrected chi connectivity index (χ2v) is 2.16. The summed E-state index contributed by atoms with van der Waals surface area (Å²) in [4.78, 5) is 3.81. The first-order valence-electron chi connectivity index (χ1n) is 1.56. The minimum atomic E-state index is 0.998. The van der Waals surface area contributed by atoms with E-state index in [0.717, 1.165) is 5.04 Å². The molecular formula is C3H7NS2. The summed E-state index contributed by atoms with van der Waals surface area (Å²) in [6, 6.07) is 0. The zero-order valence-electron chi connectivity index (χ0n) is 3.80. The van der Waals surface area contributed by atoms with Gasteiger partial charge in [-0.25, -0.2) is 0 Å². The molecule has 0 saturated carbocycles. The minimum absolute atomic E-state index is 0.998. The van der Waals surface area contributed by atoms with Gasteiger partial charge < -0.3 is 0 Å². The van der Waals surface area contributed by atoms with Crippen LogP contribution < -0.4 is 0 Å². The van der Waals surface area contributed by atoms with Gasteiger partial charge in [-0.2, -0.15) is 0 Å². The maximum atomic E-state index is 3.88. The molecular weight excluding hydrogens is 114 g/mol. The number of hydrogen-bond donors (Lipinski definition) is 1. The van der Waals surface area contributed by atoms with Crippen molar-refractivity contribution in [1.29, 1.82) is 0 Å². The predicted octanol–water partition coefficient (Wildman–Crippen LogP) is 1.61. The number of hydrogen-bond acceptors (Lipinski definition) is 3. The lowest BCUT2D eigenvalue weighted by Crippen LogP contribution is -1.72. The topological polar surface area (TPSA) is 12.4 Å². The SMILES string of the molecule is CN=C(C)SS. The van der Waals surface area contributed by atoms with Crippen LogP contribution >= 0.6 is 22.5 Å². The summed E-state index contributed by atoms with van der Waals surface area (Å²) in [5, 5.41) is 0.998. The van der Waals surface area contributed by atoms with Crippen LogP contribution in [0.3, 0.4) is 0 Å². The highest BCUT2D eigenvalue weighted by molar-refractivity contribution is 8.74. The van der Waals surface area contributed by atoms with Crippen LogP contribution in [-0.2, 0) is 0 Å². The van der Waals surface area contributed by atoms with Crippen LogP contribution in [0.25, 0.3) is 0 Å². The molecule has 0 spiro atoms. The molecule has 6 heavy (non-hydrogen) atoms. The van der Waals surface area contributed by atoms with Crippen LogP contribution in [0, 0.1) is 0 Å². The average Bonchev–Trinajstić information content (AvgIpc) is 1.65. The Kier molecular flexibility index (Phi) is 3.78. The molecule has 0 fully saturated rings. The standard InChI is InChI=1S/C3H7NS2/c1-3(4-2)6-5/h5H,1-2H3. The van der Waals surface area contributed by atoms with E-state index >= 15 is 0 Å². The summed E-state index contributed by atoms with van der Waals surface area (Å²) >= 11 is 3.88. The molecule has 1 nitrogen and oxygen atoms in total. The van der Waals surface area contributed by atoms with Crippen molar-refractivity contribution in [3.8, 4) is 0 Å². The van der Waals surface area contributed by atoms with Gasteiger partial charge in [-0.15, -0.1) is 11.7 Å². The van der Waals surface area contributed by atoms with Crippen molar-refractivity contribution in [3.05, 3.63) is 0 Å². The van der Waals surface area contributed by atoms with Crippen molar-refractivity contribution in [1.82, 2.24) is 0 Å². The maximum Gasteiger partial charge on any atom is 0.0745 e. The van der Waals surface area contributed by atoms with Crippen molar-refractivity contribution in [2.75, 3.05) is 7.05 Å². The Morgan fingerprint density at radius 2 is 2.33 bits per heavy atom. The number of thiol groups is 1. The van der Waals surface area contributed by atoms with Crippen molar-refractivity contribution in [3.63, 3.8) is 0 Å². The van der Waals surface area contributed by atoms with E-state index in [-0.39, 0.29) is 0 Å². The van der Waals surface area contributed by atoms with Gasteiger partial charge in [-0.05, 0) is 17.7 Å². The Bertz CT molecular complexity index is 59.8. The molecule has 0 radical (unpaired) electrons. The third kappa shape index (κ3) is 2.60.